The molecule has 28 heavy (non-hydrogen) atoms. The van der Waals surface area contributed by atoms with E-state index in [9.17, 15) is 9.59 Å². The molecule has 150 valence electrons. The number of nitrogens with one attached hydrogen (secondary N) is 2. The molecule has 0 aliphatic carbocycles. The first-order valence-corrected chi connectivity index (χ1v) is 9.80. The van der Waals surface area contributed by atoms with Gasteiger partial charge in [-0.15, -0.1) is 0 Å². The minimum Gasteiger partial charge on any atom is -0.481 e. The van der Waals surface area contributed by atoms with Gasteiger partial charge in [-0.3, -0.25) is 9.59 Å². The number of hydrogen-bond acceptors (Lipinski definition) is 3. The molecule has 0 saturated carbocycles. The molecule has 0 aliphatic heterocycles. The SMILES string of the molecule is CC(Oc1ccc(C(C)C)cc1)C(=O)NCCNC(=O)CCc1ccccc1. The van der Waals surface area contributed by atoms with Gasteiger partial charge in [0.05, 0.1) is 0 Å². The average molecular weight is 383 g/mol. The van der Waals surface area contributed by atoms with Gasteiger partial charge in [0.25, 0.3) is 5.91 Å². The van der Waals surface area contributed by atoms with Crippen molar-refractivity contribution >= 4 is 11.8 Å². The van der Waals surface area contributed by atoms with Gasteiger partial charge in [-0.1, -0.05) is 56.3 Å². The van der Waals surface area contributed by atoms with Crippen LogP contribution in [0.25, 0.3) is 0 Å². The van der Waals surface area contributed by atoms with Crippen molar-refractivity contribution in [2.45, 2.75) is 45.6 Å². The first-order chi connectivity index (χ1) is 13.5. The Hall–Kier alpha value is -2.82. The summed E-state index contributed by atoms with van der Waals surface area (Å²) in [6, 6.07) is 17.7. The number of hydrogen-bond donors (Lipinski definition) is 2. The average Bonchev–Trinajstić information content (AvgIpc) is 2.70. The molecule has 0 saturated heterocycles. The molecule has 2 aromatic rings. The summed E-state index contributed by atoms with van der Waals surface area (Å²) in [7, 11) is 0. The van der Waals surface area contributed by atoms with Crippen LogP contribution in [0.2, 0.25) is 0 Å². The predicted molar refractivity (Wildman–Crippen MR) is 111 cm³/mol. The van der Waals surface area contributed by atoms with Crippen molar-refractivity contribution in [1.82, 2.24) is 10.6 Å². The van der Waals surface area contributed by atoms with Crippen LogP contribution in [0, 0.1) is 0 Å². The number of benzene rings is 2. The molecule has 0 heterocycles. The van der Waals surface area contributed by atoms with Crippen molar-refractivity contribution in [1.29, 1.82) is 0 Å². The van der Waals surface area contributed by atoms with Crippen molar-refractivity contribution in [2.24, 2.45) is 0 Å². The highest BCUT2D eigenvalue weighted by Crippen LogP contribution is 2.19. The summed E-state index contributed by atoms with van der Waals surface area (Å²) in [5.74, 6) is 0.901. The van der Waals surface area contributed by atoms with E-state index in [2.05, 4.69) is 24.5 Å². The molecule has 5 heteroatoms. The fraction of sp³-hybridized carbons (Fsp3) is 0.391. The van der Waals surface area contributed by atoms with Gasteiger partial charge in [-0.2, -0.15) is 0 Å². The molecule has 0 aliphatic rings. The zero-order valence-electron chi connectivity index (χ0n) is 16.9. The van der Waals surface area contributed by atoms with E-state index in [4.69, 9.17) is 4.74 Å². The summed E-state index contributed by atoms with van der Waals surface area (Å²) < 4.78 is 5.68. The van der Waals surface area contributed by atoms with Crippen LogP contribution in [0.5, 0.6) is 5.75 Å². The van der Waals surface area contributed by atoms with Crippen molar-refractivity contribution in [3.8, 4) is 5.75 Å². The number of amides is 2. The lowest BCUT2D eigenvalue weighted by Gasteiger charge is -2.15. The van der Waals surface area contributed by atoms with Crippen LogP contribution in [-0.2, 0) is 16.0 Å². The fourth-order valence-electron chi connectivity index (χ4n) is 2.71. The van der Waals surface area contributed by atoms with Gasteiger partial charge in [-0.05, 0) is 42.5 Å². The smallest absolute Gasteiger partial charge is 0.260 e. The van der Waals surface area contributed by atoms with Gasteiger partial charge in [0.2, 0.25) is 5.91 Å². The summed E-state index contributed by atoms with van der Waals surface area (Å²) in [5.41, 5.74) is 2.37. The monoisotopic (exact) mass is 382 g/mol. The second-order valence-corrected chi connectivity index (χ2v) is 7.11. The van der Waals surface area contributed by atoms with E-state index in [0.29, 0.717) is 37.6 Å². The summed E-state index contributed by atoms with van der Waals surface area (Å²) in [4.78, 5) is 24.0. The molecule has 0 fully saturated rings. The predicted octanol–water partition coefficient (Wildman–Crippen LogP) is 3.44. The maximum Gasteiger partial charge on any atom is 0.260 e. The first kappa shape index (κ1) is 21.5. The van der Waals surface area contributed by atoms with Gasteiger partial charge in [0.1, 0.15) is 5.75 Å². The third-order valence-electron chi connectivity index (χ3n) is 4.46. The third kappa shape index (κ3) is 7.43. The quantitative estimate of drug-likeness (QED) is 0.619. The Morgan fingerprint density at radius 1 is 0.893 bits per heavy atom. The van der Waals surface area contributed by atoms with Gasteiger partial charge >= 0.3 is 0 Å². The molecule has 2 aromatic carbocycles. The van der Waals surface area contributed by atoms with Crippen molar-refractivity contribution in [2.75, 3.05) is 13.1 Å². The van der Waals surface area contributed by atoms with E-state index in [1.165, 1.54) is 5.56 Å². The first-order valence-electron chi connectivity index (χ1n) is 9.80. The number of ether oxygens (including phenoxy) is 1. The minimum absolute atomic E-state index is 0.0207. The Morgan fingerprint density at radius 2 is 1.54 bits per heavy atom. The van der Waals surface area contributed by atoms with Gasteiger partial charge in [0, 0.05) is 19.5 Å². The number of carbonyl (C=O) groups excluding carboxylic acids is 2. The molecule has 0 bridgehead atoms. The molecule has 5 nitrogen and oxygen atoms in total. The highest BCUT2D eigenvalue weighted by atomic mass is 16.5. The maximum absolute atomic E-state index is 12.1. The lowest BCUT2D eigenvalue weighted by atomic mass is 10.0. The minimum atomic E-state index is -0.598. The normalized spacial score (nSPS) is 11.7. The van der Waals surface area contributed by atoms with Gasteiger partial charge in [-0.25, -0.2) is 0 Å². The molecule has 0 aromatic heterocycles. The van der Waals surface area contributed by atoms with E-state index in [-0.39, 0.29) is 11.8 Å². The van der Waals surface area contributed by atoms with Crippen LogP contribution in [-0.4, -0.2) is 31.0 Å². The van der Waals surface area contributed by atoms with E-state index in [0.717, 1.165) is 5.56 Å². The molecule has 2 rings (SSSR count). The summed E-state index contributed by atoms with van der Waals surface area (Å²) in [5, 5.41) is 5.60. The molecule has 1 atom stereocenters. The molecule has 0 radical (unpaired) electrons. The molecular weight excluding hydrogens is 352 g/mol. The van der Waals surface area contributed by atoms with Crippen molar-refractivity contribution < 1.29 is 14.3 Å². The Labute approximate surface area is 167 Å². The molecular formula is C23H30N2O3. The largest absolute Gasteiger partial charge is 0.481 e. The number of rotatable bonds is 10. The van der Waals surface area contributed by atoms with E-state index >= 15 is 0 Å². The zero-order valence-corrected chi connectivity index (χ0v) is 16.9. The fourth-order valence-corrected chi connectivity index (χ4v) is 2.71. The molecule has 0 spiro atoms. The van der Waals surface area contributed by atoms with Crippen LogP contribution in [0.4, 0.5) is 0 Å². The zero-order chi connectivity index (χ0) is 20.4. The maximum atomic E-state index is 12.1. The van der Waals surface area contributed by atoms with E-state index in [1.54, 1.807) is 6.92 Å². The molecule has 2 amide bonds. The van der Waals surface area contributed by atoms with E-state index < -0.39 is 6.10 Å². The number of aryl methyl sites for hydroxylation is 1. The van der Waals surface area contributed by atoms with E-state index in [1.807, 2.05) is 54.6 Å². The highest BCUT2D eigenvalue weighted by molar-refractivity contribution is 5.81. The van der Waals surface area contributed by atoms with Crippen molar-refractivity contribution in [3.05, 3.63) is 65.7 Å². The second kappa shape index (κ2) is 11.1. The lowest BCUT2D eigenvalue weighted by molar-refractivity contribution is -0.127. The van der Waals surface area contributed by atoms with Gasteiger partial charge < -0.3 is 15.4 Å². The van der Waals surface area contributed by atoms with Crippen LogP contribution in [0.3, 0.4) is 0 Å². The highest BCUT2D eigenvalue weighted by Gasteiger charge is 2.14. The summed E-state index contributed by atoms with van der Waals surface area (Å²) >= 11 is 0. The third-order valence-corrected chi connectivity index (χ3v) is 4.46. The Balaban J connectivity index is 1.62. The Bertz CT molecular complexity index is 742. The van der Waals surface area contributed by atoms with Crippen LogP contribution in [0.1, 0.15) is 44.2 Å². The molecule has 2 N–H and O–H groups in total. The summed E-state index contributed by atoms with van der Waals surface area (Å²) in [6.45, 7) is 6.74. The second-order valence-electron chi connectivity index (χ2n) is 7.11. The standard InChI is InChI=1S/C23H30N2O3/c1-17(2)20-10-12-21(13-11-20)28-18(3)23(27)25-16-15-24-22(26)14-9-19-7-5-4-6-8-19/h4-8,10-13,17-18H,9,14-16H2,1-3H3,(H,24,26)(H,25,27). The number of carbonyl (C=O) groups is 2. The Kier molecular flexibility index (Phi) is 8.53. The van der Waals surface area contributed by atoms with Crippen LogP contribution in [0.15, 0.2) is 54.6 Å². The van der Waals surface area contributed by atoms with Crippen LogP contribution >= 0.6 is 0 Å². The molecule has 1 unspecified atom stereocenters. The van der Waals surface area contributed by atoms with Gasteiger partial charge in [0.15, 0.2) is 6.10 Å². The topological polar surface area (TPSA) is 67.4 Å². The van der Waals surface area contributed by atoms with Crippen LogP contribution < -0.4 is 15.4 Å². The van der Waals surface area contributed by atoms with Crippen molar-refractivity contribution in [3.63, 3.8) is 0 Å². The summed E-state index contributed by atoms with van der Waals surface area (Å²) in [6.07, 6.45) is 0.544. The Morgan fingerprint density at radius 3 is 2.18 bits per heavy atom. The lowest BCUT2D eigenvalue weighted by Crippen LogP contribution is -2.40.